The van der Waals surface area contributed by atoms with Crippen LogP contribution >= 0.6 is 0 Å². The Kier molecular flexibility index (Phi) is 6.49. The van der Waals surface area contributed by atoms with Crippen molar-refractivity contribution in [2.24, 2.45) is 4.99 Å². The van der Waals surface area contributed by atoms with E-state index in [1.807, 2.05) is 12.2 Å². The second-order valence-electron chi connectivity index (χ2n) is 5.02. The van der Waals surface area contributed by atoms with Crippen LogP contribution < -0.4 is 0 Å². The Morgan fingerprint density at radius 1 is 1.22 bits per heavy atom. The third-order valence-electron chi connectivity index (χ3n) is 3.33. The quantitative estimate of drug-likeness (QED) is 0.385. The highest BCUT2D eigenvalue weighted by Gasteiger charge is 2.35. The number of Topliss-reactive ketones (excluding diaryl/α,β-unsaturated/α-hetero) is 1. The fraction of sp³-hybridized carbons (Fsp3) is 0.333. The predicted molar refractivity (Wildman–Crippen MR) is 87.3 cm³/mol. The Balaban J connectivity index is 3.35. The minimum absolute atomic E-state index is 0.0136. The van der Waals surface area contributed by atoms with E-state index in [0.29, 0.717) is 12.0 Å². The van der Waals surface area contributed by atoms with Gasteiger partial charge in [0.25, 0.3) is 0 Å². The summed E-state index contributed by atoms with van der Waals surface area (Å²) in [6.45, 7) is 5.79. The fourth-order valence-corrected chi connectivity index (χ4v) is 2.14. The molecule has 2 nitrogen and oxygen atoms in total. The zero-order valence-electron chi connectivity index (χ0n) is 13.7. The maximum Gasteiger partial charge on any atom is 0.418 e. The first-order valence-corrected chi connectivity index (χ1v) is 7.25. The number of rotatable bonds is 5. The van der Waals surface area contributed by atoms with E-state index < -0.39 is 11.7 Å². The molecule has 0 spiro atoms. The molecule has 1 aliphatic carbocycles. The van der Waals surface area contributed by atoms with Crippen molar-refractivity contribution in [1.82, 2.24) is 0 Å². The SMILES string of the molecule is C\C=C(/N=C(C)/C(=C\C(=C/C)C1=CCC=C1)C(F)(F)F)C(C)=O. The van der Waals surface area contributed by atoms with Crippen LogP contribution in [0.2, 0.25) is 0 Å². The third kappa shape index (κ3) is 5.20. The minimum atomic E-state index is -4.56. The first kappa shape index (κ1) is 18.9. The van der Waals surface area contributed by atoms with E-state index in [9.17, 15) is 18.0 Å². The monoisotopic (exact) mass is 323 g/mol. The van der Waals surface area contributed by atoms with E-state index in [-0.39, 0.29) is 17.2 Å². The summed E-state index contributed by atoms with van der Waals surface area (Å²) in [6, 6.07) is 0. The van der Waals surface area contributed by atoms with Gasteiger partial charge in [-0.2, -0.15) is 13.2 Å². The zero-order valence-corrected chi connectivity index (χ0v) is 13.7. The van der Waals surface area contributed by atoms with Gasteiger partial charge in [-0.3, -0.25) is 4.79 Å². The number of halogens is 3. The smallest absolute Gasteiger partial charge is 0.293 e. The van der Waals surface area contributed by atoms with Crippen molar-refractivity contribution < 1.29 is 18.0 Å². The van der Waals surface area contributed by atoms with Gasteiger partial charge in [0.2, 0.25) is 0 Å². The minimum Gasteiger partial charge on any atom is -0.293 e. The summed E-state index contributed by atoms with van der Waals surface area (Å²) in [7, 11) is 0. The van der Waals surface area contributed by atoms with Gasteiger partial charge < -0.3 is 0 Å². The first-order chi connectivity index (χ1) is 10.7. The third-order valence-corrected chi connectivity index (χ3v) is 3.33. The van der Waals surface area contributed by atoms with Gasteiger partial charge in [-0.1, -0.05) is 30.4 Å². The molecule has 0 N–H and O–H groups in total. The van der Waals surface area contributed by atoms with Crippen LogP contribution in [0.5, 0.6) is 0 Å². The lowest BCUT2D eigenvalue weighted by Gasteiger charge is -2.13. The van der Waals surface area contributed by atoms with Crippen LogP contribution in [0.3, 0.4) is 0 Å². The van der Waals surface area contributed by atoms with Crippen molar-refractivity contribution in [3.05, 3.63) is 58.9 Å². The normalized spacial score (nSPS) is 17.6. The molecule has 0 aromatic carbocycles. The molecule has 124 valence electrons. The highest BCUT2D eigenvalue weighted by atomic mass is 19.4. The van der Waals surface area contributed by atoms with Gasteiger partial charge in [-0.05, 0) is 44.4 Å². The molecule has 0 amide bonds. The number of carbonyl (C=O) groups excluding carboxylic acids is 1. The molecule has 1 aliphatic rings. The number of carbonyl (C=O) groups is 1. The predicted octanol–water partition coefficient (Wildman–Crippen LogP) is 5.26. The summed E-state index contributed by atoms with van der Waals surface area (Å²) in [5, 5.41) is 0. The molecule has 5 heteroatoms. The van der Waals surface area contributed by atoms with Crippen LogP contribution in [-0.4, -0.2) is 17.7 Å². The summed E-state index contributed by atoms with van der Waals surface area (Å²) in [6.07, 6.45) is 5.80. The van der Waals surface area contributed by atoms with Gasteiger partial charge in [0.15, 0.2) is 5.78 Å². The summed E-state index contributed by atoms with van der Waals surface area (Å²) >= 11 is 0. The van der Waals surface area contributed by atoms with Crippen molar-refractivity contribution in [2.75, 3.05) is 0 Å². The standard InChI is InChI=1S/C18H20F3NO/c1-5-14(15-9-7-8-10-15)11-16(18(19,20)21)12(3)22-17(6-2)13(4)23/h5-7,9-11H,8H2,1-4H3/b14-5+,16-11+,17-6-,22-12+. The van der Waals surface area contributed by atoms with Gasteiger partial charge in [-0.25, -0.2) is 4.99 Å². The lowest BCUT2D eigenvalue weighted by atomic mass is 10.0. The average molecular weight is 323 g/mol. The zero-order chi connectivity index (χ0) is 17.6. The van der Waals surface area contributed by atoms with Gasteiger partial charge in [0.1, 0.15) is 5.70 Å². The molecule has 0 fully saturated rings. The highest BCUT2D eigenvalue weighted by Crippen LogP contribution is 2.31. The van der Waals surface area contributed by atoms with Gasteiger partial charge in [0, 0.05) is 6.92 Å². The average Bonchev–Trinajstić information content (AvgIpc) is 2.97. The molecule has 0 aromatic heterocycles. The summed E-state index contributed by atoms with van der Waals surface area (Å²) in [5.41, 5.74) is 0.153. The number of allylic oxidation sites excluding steroid dienone is 10. The molecule has 0 unspecified atom stereocenters. The molecule has 0 radical (unpaired) electrons. The van der Waals surface area contributed by atoms with E-state index in [1.165, 1.54) is 19.9 Å². The number of alkyl halides is 3. The van der Waals surface area contributed by atoms with E-state index in [2.05, 4.69) is 4.99 Å². The Labute approximate surface area is 134 Å². The van der Waals surface area contributed by atoms with E-state index in [1.54, 1.807) is 26.0 Å². The maximum absolute atomic E-state index is 13.4. The number of hydrogen-bond donors (Lipinski definition) is 0. The highest BCUT2D eigenvalue weighted by molar-refractivity contribution is 6.04. The number of aliphatic imine (C=N–C) groups is 1. The van der Waals surface area contributed by atoms with Gasteiger partial charge in [0.05, 0.1) is 11.3 Å². The van der Waals surface area contributed by atoms with Crippen LogP contribution in [0.15, 0.2) is 63.9 Å². The summed E-state index contributed by atoms with van der Waals surface area (Å²) < 4.78 is 40.2. The van der Waals surface area contributed by atoms with Crippen molar-refractivity contribution in [2.45, 2.75) is 40.3 Å². The molecular formula is C18H20F3NO. The Hall–Kier alpha value is -2.17. The molecular weight excluding hydrogens is 303 g/mol. The Morgan fingerprint density at radius 3 is 2.26 bits per heavy atom. The fourth-order valence-electron chi connectivity index (χ4n) is 2.14. The molecule has 0 saturated carbocycles. The molecule has 0 bridgehead atoms. The number of ketones is 1. The second-order valence-corrected chi connectivity index (χ2v) is 5.02. The van der Waals surface area contributed by atoms with Crippen LogP contribution in [-0.2, 0) is 4.79 Å². The Bertz CT molecular complexity index is 656. The van der Waals surface area contributed by atoms with E-state index >= 15 is 0 Å². The Morgan fingerprint density at radius 2 is 1.87 bits per heavy atom. The van der Waals surface area contributed by atoms with Crippen LogP contribution in [0.1, 0.15) is 34.1 Å². The van der Waals surface area contributed by atoms with Crippen LogP contribution in [0, 0.1) is 0 Å². The van der Waals surface area contributed by atoms with Gasteiger partial charge in [-0.15, -0.1) is 0 Å². The second kappa shape index (κ2) is 7.90. The van der Waals surface area contributed by atoms with Crippen molar-refractivity contribution >= 4 is 11.5 Å². The number of hydrogen-bond acceptors (Lipinski definition) is 2. The van der Waals surface area contributed by atoms with Gasteiger partial charge >= 0.3 is 6.18 Å². The largest absolute Gasteiger partial charge is 0.418 e. The molecule has 0 atom stereocenters. The summed E-state index contributed by atoms with van der Waals surface area (Å²) in [4.78, 5) is 15.2. The van der Waals surface area contributed by atoms with Crippen LogP contribution in [0.4, 0.5) is 13.2 Å². The lowest BCUT2D eigenvalue weighted by molar-refractivity contribution is -0.113. The van der Waals surface area contributed by atoms with Crippen LogP contribution in [0.25, 0.3) is 0 Å². The van der Waals surface area contributed by atoms with Crippen molar-refractivity contribution in [1.29, 1.82) is 0 Å². The number of nitrogens with zero attached hydrogens (tertiary/aromatic N) is 1. The van der Waals surface area contributed by atoms with Crippen molar-refractivity contribution in [3.8, 4) is 0 Å². The molecule has 0 heterocycles. The first-order valence-electron chi connectivity index (χ1n) is 7.25. The van der Waals surface area contributed by atoms with E-state index in [4.69, 9.17) is 0 Å². The molecule has 23 heavy (non-hydrogen) atoms. The topological polar surface area (TPSA) is 29.4 Å². The molecule has 0 aromatic rings. The van der Waals surface area contributed by atoms with Crippen molar-refractivity contribution in [3.63, 3.8) is 0 Å². The lowest BCUT2D eigenvalue weighted by Crippen LogP contribution is -2.19. The van der Waals surface area contributed by atoms with E-state index in [0.717, 1.165) is 11.6 Å². The molecule has 0 saturated heterocycles. The molecule has 1 rings (SSSR count). The molecule has 0 aliphatic heterocycles. The summed E-state index contributed by atoms with van der Waals surface area (Å²) in [5.74, 6) is -0.374. The maximum atomic E-state index is 13.4.